The summed E-state index contributed by atoms with van der Waals surface area (Å²) in [6, 6.07) is 11.3. The number of para-hydroxylation sites is 1. The zero-order valence-corrected chi connectivity index (χ0v) is 15.2. The van der Waals surface area contributed by atoms with Crippen molar-refractivity contribution in [1.29, 1.82) is 0 Å². The standard InChI is InChI=1S/C18H17ClN2O2S/c1-10-5-4-6-15-16(10)20-18(24-15)21-17(22)12(3)23-14-8-7-13(19)9-11(14)2/h4-9,12H,1-3H3,(H,20,21,22)/t12-/m0/s1. The topological polar surface area (TPSA) is 51.2 Å². The maximum absolute atomic E-state index is 12.4. The normalized spacial score (nSPS) is 12.2. The van der Waals surface area contributed by atoms with Gasteiger partial charge in [-0.25, -0.2) is 4.98 Å². The molecular weight excluding hydrogens is 344 g/mol. The molecule has 0 aliphatic heterocycles. The number of hydrogen-bond donors (Lipinski definition) is 1. The highest BCUT2D eigenvalue weighted by molar-refractivity contribution is 7.22. The molecule has 6 heteroatoms. The first-order valence-corrected chi connectivity index (χ1v) is 8.73. The number of ether oxygens (including phenoxy) is 1. The van der Waals surface area contributed by atoms with Crippen molar-refractivity contribution in [2.24, 2.45) is 0 Å². The molecule has 3 rings (SSSR count). The van der Waals surface area contributed by atoms with Crippen LogP contribution in [0.3, 0.4) is 0 Å². The number of carbonyl (C=O) groups is 1. The molecule has 0 aliphatic carbocycles. The van der Waals surface area contributed by atoms with Crippen LogP contribution in [0.25, 0.3) is 10.2 Å². The molecule has 1 heterocycles. The first-order chi connectivity index (χ1) is 11.4. The molecule has 0 saturated heterocycles. The van der Waals surface area contributed by atoms with E-state index in [1.54, 1.807) is 25.1 Å². The van der Waals surface area contributed by atoms with Gasteiger partial charge in [-0.05, 0) is 56.2 Å². The predicted octanol–water partition coefficient (Wildman–Crippen LogP) is 4.97. The van der Waals surface area contributed by atoms with E-state index in [1.165, 1.54) is 11.3 Å². The molecule has 124 valence electrons. The zero-order valence-electron chi connectivity index (χ0n) is 13.6. The number of thiazole rings is 1. The van der Waals surface area contributed by atoms with Gasteiger partial charge in [-0.1, -0.05) is 35.1 Å². The minimum atomic E-state index is -0.641. The molecule has 3 aromatic rings. The van der Waals surface area contributed by atoms with Gasteiger partial charge < -0.3 is 4.74 Å². The fraction of sp³-hybridized carbons (Fsp3) is 0.222. The number of aryl methyl sites for hydroxylation is 2. The van der Waals surface area contributed by atoms with E-state index in [4.69, 9.17) is 16.3 Å². The lowest BCUT2D eigenvalue weighted by Crippen LogP contribution is -2.30. The molecule has 0 bridgehead atoms. The lowest BCUT2D eigenvalue weighted by molar-refractivity contribution is -0.122. The molecule has 0 saturated carbocycles. The van der Waals surface area contributed by atoms with Crippen molar-refractivity contribution in [2.45, 2.75) is 26.9 Å². The van der Waals surface area contributed by atoms with Crippen LogP contribution >= 0.6 is 22.9 Å². The van der Waals surface area contributed by atoms with Gasteiger partial charge >= 0.3 is 0 Å². The molecule has 0 unspecified atom stereocenters. The summed E-state index contributed by atoms with van der Waals surface area (Å²) in [7, 11) is 0. The Balaban J connectivity index is 1.72. The van der Waals surface area contributed by atoms with Gasteiger partial charge in [-0.3, -0.25) is 10.1 Å². The Bertz CT molecular complexity index is 907. The van der Waals surface area contributed by atoms with Crippen molar-refractivity contribution in [1.82, 2.24) is 4.98 Å². The summed E-state index contributed by atoms with van der Waals surface area (Å²) in [6.07, 6.45) is -0.641. The van der Waals surface area contributed by atoms with Crippen molar-refractivity contribution < 1.29 is 9.53 Å². The van der Waals surface area contributed by atoms with E-state index in [0.29, 0.717) is 15.9 Å². The van der Waals surface area contributed by atoms with Gasteiger partial charge in [0, 0.05) is 5.02 Å². The van der Waals surface area contributed by atoms with Crippen LogP contribution in [0.5, 0.6) is 5.75 Å². The van der Waals surface area contributed by atoms with Crippen molar-refractivity contribution in [3.63, 3.8) is 0 Å². The Morgan fingerprint density at radius 3 is 2.75 bits per heavy atom. The van der Waals surface area contributed by atoms with Crippen LogP contribution in [-0.4, -0.2) is 17.0 Å². The van der Waals surface area contributed by atoms with Crippen molar-refractivity contribution >= 4 is 44.2 Å². The van der Waals surface area contributed by atoms with Gasteiger partial charge in [0.05, 0.1) is 10.2 Å². The van der Waals surface area contributed by atoms with Gasteiger partial charge in [0.25, 0.3) is 5.91 Å². The SMILES string of the molecule is Cc1cc(Cl)ccc1O[C@@H](C)C(=O)Nc1nc2c(C)cccc2s1. The molecule has 4 nitrogen and oxygen atoms in total. The number of carbonyl (C=O) groups excluding carboxylic acids is 1. The third-order valence-corrected chi connectivity index (χ3v) is 4.83. The number of fused-ring (bicyclic) bond motifs is 1. The summed E-state index contributed by atoms with van der Waals surface area (Å²) < 4.78 is 6.79. The van der Waals surface area contributed by atoms with Crippen LogP contribution in [0.15, 0.2) is 36.4 Å². The molecule has 1 N–H and O–H groups in total. The number of rotatable bonds is 4. The second-order valence-electron chi connectivity index (χ2n) is 5.60. The molecule has 0 aliphatic rings. The summed E-state index contributed by atoms with van der Waals surface area (Å²) in [5.74, 6) is 0.406. The average Bonchev–Trinajstić information content (AvgIpc) is 2.94. The number of aromatic nitrogens is 1. The maximum Gasteiger partial charge on any atom is 0.266 e. The van der Waals surface area contributed by atoms with Crippen LogP contribution in [0.4, 0.5) is 5.13 Å². The molecule has 1 amide bonds. The van der Waals surface area contributed by atoms with E-state index in [1.807, 2.05) is 32.0 Å². The summed E-state index contributed by atoms with van der Waals surface area (Å²) in [5.41, 5.74) is 2.89. The molecule has 0 fully saturated rings. The highest BCUT2D eigenvalue weighted by atomic mass is 35.5. The van der Waals surface area contributed by atoms with Crippen LogP contribution in [0, 0.1) is 13.8 Å². The van der Waals surface area contributed by atoms with Gasteiger partial charge in [-0.2, -0.15) is 0 Å². The van der Waals surface area contributed by atoms with Gasteiger partial charge in [-0.15, -0.1) is 0 Å². The Labute approximate surface area is 149 Å². The first-order valence-electron chi connectivity index (χ1n) is 7.54. The van der Waals surface area contributed by atoms with Gasteiger partial charge in [0.15, 0.2) is 11.2 Å². The summed E-state index contributed by atoms with van der Waals surface area (Å²) >= 11 is 7.39. The molecule has 1 atom stereocenters. The molecule has 0 radical (unpaired) electrons. The van der Waals surface area contributed by atoms with Crippen LogP contribution in [0.1, 0.15) is 18.1 Å². The average molecular weight is 361 g/mol. The van der Waals surface area contributed by atoms with Crippen molar-refractivity contribution in [3.05, 3.63) is 52.5 Å². The highest BCUT2D eigenvalue weighted by Gasteiger charge is 2.18. The largest absolute Gasteiger partial charge is 0.481 e. The number of anilines is 1. The second-order valence-corrected chi connectivity index (χ2v) is 7.07. The number of amides is 1. The summed E-state index contributed by atoms with van der Waals surface area (Å²) in [4.78, 5) is 16.8. The first kappa shape index (κ1) is 16.7. The summed E-state index contributed by atoms with van der Waals surface area (Å²) in [6.45, 7) is 5.60. The van der Waals surface area contributed by atoms with Gasteiger partial charge in [0.1, 0.15) is 5.75 Å². The molecular formula is C18H17ClN2O2S. The number of nitrogens with one attached hydrogen (secondary N) is 1. The zero-order chi connectivity index (χ0) is 17.3. The Morgan fingerprint density at radius 1 is 1.25 bits per heavy atom. The van der Waals surface area contributed by atoms with Crippen LogP contribution in [0.2, 0.25) is 5.02 Å². The molecule has 0 spiro atoms. The Morgan fingerprint density at radius 2 is 2.04 bits per heavy atom. The van der Waals surface area contributed by atoms with E-state index < -0.39 is 6.10 Å². The number of halogens is 1. The van der Waals surface area contributed by atoms with Gasteiger partial charge in [0.2, 0.25) is 0 Å². The Kier molecular flexibility index (Phi) is 4.73. The fourth-order valence-corrected chi connectivity index (χ4v) is 3.51. The van der Waals surface area contributed by atoms with E-state index in [9.17, 15) is 4.79 Å². The molecule has 2 aromatic carbocycles. The number of hydrogen-bond acceptors (Lipinski definition) is 4. The second kappa shape index (κ2) is 6.79. The lowest BCUT2D eigenvalue weighted by Gasteiger charge is -2.15. The van der Waals surface area contributed by atoms with E-state index >= 15 is 0 Å². The fourth-order valence-electron chi connectivity index (χ4n) is 2.34. The predicted molar refractivity (Wildman–Crippen MR) is 99.3 cm³/mol. The van der Waals surface area contributed by atoms with Crippen molar-refractivity contribution in [3.8, 4) is 5.75 Å². The molecule has 1 aromatic heterocycles. The number of nitrogens with zero attached hydrogens (tertiary/aromatic N) is 1. The van der Waals surface area contributed by atoms with Crippen molar-refractivity contribution in [2.75, 3.05) is 5.32 Å². The van der Waals surface area contributed by atoms with Crippen LogP contribution < -0.4 is 10.1 Å². The minimum Gasteiger partial charge on any atom is -0.481 e. The van der Waals surface area contributed by atoms with E-state index in [0.717, 1.165) is 21.3 Å². The molecule has 24 heavy (non-hydrogen) atoms. The van der Waals surface area contributed by atoms with E-state index in [-0.39, 0.29) is 5.91 Å². The third kappa shape index (κ3) is 3.52. The van der Waals surface area contributed by atoms with Crippen LogP contribution in [-0.2, 0) is 4.79 Å². The lowest BCUT2D eigenvalue weighted by atomic mass is 10.2. The quantitative estimate of drug-likeness (QED) is 0.714. The minimum absolute atomic E-state index is 0.235. The highest BCUT2D eigenvalue weighted by Crippen LogP contribution is 2.28. The monoisotopic (exact) mass is 360 g/mol. The Hall–Kier alpha value is -2.11. The third-order valence-electron chi connectivity index (χ3n) is 3.66. The maximum atomic E-state index is 12.4. The summed E-state index contributed by atoms with van der Waals surface area (Å²) in [5, 5.41) is 4.04. The van der Waals surface area contributed by atoms with E-state index in [2.05, 4.69) is 10.3 Å². The smallest absolute Gasteiger partial charge is 0.266 e. The number of benzene rings is 2.